The monoisotopic (exact) mass is 397 g/mol. The zero-order chi connectivity index (χ0) is 21.1. The fourth-order valence-electron chi connectivity index (χ4n) is 3.10. The van der Waals surface area contributed by atoms with Crippen LogP contribution in [0.2, 0.25) is 0 Å². The lowest BCUT2D eigenvalue weighted by Crippen LogP contribution is -2.23. The van der Waals surface area contributed by atoms with Crippen LogP contribution in [0.25, 0.3) is 5.69 Å². The maximum absolute atomic E-state index is 13.0. The molecule has 2 aromatic carbocycles. The zero-order valence-corrected chi connectivity index (χ0v) is 17.0. The van der Waals surface area contributed by atoms with Gasteiger partial charge >= 0.3 is 0 Å². The molecule has 8 heteroatoms. The summed E-state index contributed by atoms with van der Waals surface area (Å²) in [4.78, 5) is 26.0. The number of carbonyl (C=O) groups is 1. The minimum absolute atomic E-state index is 0.193. The molecular formula is C21H23N3O5. The van der Waals surface area contributed by atoms with Gasteiger partial charge in [-0.1, -0.05) is 18.2 Å². The van der Waals surface area contributed by atoms with Crippen LogP contribution in [0.3, 0.4) is 0 Å². The molecule has 29 heavy (non-hydrogen) atoms. The lowest BCUT2D eigenvalue weighted by Gasteiger charge is -2.13. The van der Waals surface area contributed by atoms with Gasteiger partial charge < -0.3 is 19.5 Å². The van der Waals surface area contributed by atoms with Crippen molar-refractivity contribution in [1.29, 1.82) is 0 Å². The SMILES string of the molecule is COc1cc(OC)c(C(=O)Nc2c(C)n(C)n(-c3ccccc3)c2=O)cc1OC. The van der Waals surface area contributed by atoms with Gasteiger partial charge in [-0.3, -0.25) is 14.3 Å². The number of anilines is 1. The van der Waals surface area contributed by atoms with Crippen LogP contribution in [0.5, 0.6) is 17.2 Å². The molecule has 0 saturated carbocycles. The van der Waals surface area contributed by atoms with Gasteiger partial charge in [0.15, 0.2) is 11.5 Å². The van der Waals surface area contributed by atoms with Crippen LogP contribution in [0.1, 0.15) is 16.1 Å². The Bertz CT molecular complexity index is 1100. The molecule has 0 radical (unpaired) electrons. The molecule has 0 aliphatic heterocycles. The molecule has 3 aromatic rings. The molecule has 1 heterocycles. The van der Waals surface area contributed by atoms with Gasteiger partial charge in [0.05, 0.1) is 38.3 Å². The van der Waals surface area contributed by atoms with E-state index in [2.05, 4.69) is 5.32 Å². The first-order valence-corrected chi connectivity index (χ1v) is 8.88. The summed E-state index contributed by atoms with van der Waals surface area (Å²) >= 11 is 0. The van der Waals surface area contributed by atoms with Crippen LogP contribution in [0, 0.1) is 6.92 Å². The molecule has 0 unspecified atom stereocenters. The lowest BCUT2D eigenvalue weighted by molar-refractivity contribution is 0.102. The van der Waals surface area contributed by atoms with E-state index in [-0.39, 0.29) is 16.8 Å². The van der Waals surface area contributed by atoms with E-state index < -0.39 is 5.91 Å². The number of hydrogen-bond donors (Lipinski definition) is 1. The Kier molecular flexibility index (Phi) is 5.63. The van der Waals surface area contributed by atoms with Crippen LogP contribution in [-0.2, 0) is 7.05 Å². The molecule has 1 aromatic heterocycles. The van der Waals surface area contributed by atoms with E-state index in [1.54, 1.807) is 24.7 Å². The number of carbonyl (C=O) groups excluding carboxylic acids is 1. The second kappa shape index (κ2) is 8.14. The van der Waals surface area contributed by atoms with Crippen LogP contribution >= 0.6 is 0 Å². The molecule has 0 bridgehead atoms. The van der Waals surface area contributed by atoms with Gasteiger partial charge in [0.2, 0.25) is 0 Å². The molecular weight excluding hydrogens is 374 g/mol. The van der Waals surface area contributed by atoms with Crippen molar-refractivity contribution < 1.29 is 19.0 Å². The summed E-state index contributed by atoms with van der Waals surface area (Å²) < 4.78 is 19.0. The normalized spacial score (nSPS) is 10.5. The summed E-state index contributed by atoms with van der Waals surface area (Å²) in [5.41, 5.74) is 1.40. The Morgan fingerprint density at radius 1 is 0.931 bits per heavy atom. The van der Waals surface area contributed by atoms with E-state index in [9.17, 15) is 9.59 Å². The Balaban J connectivity index is 2.04. The smallest absolute Gasteiger partial charge is 0.295 e. The summed E-state index contributed by atoms with van der Waals surface area (Å²) in [6.45, 7) is 1.77. The van der Waals surface area contributed by atoms with Crippen molar-refractivity contribution in [2.24, 2.45) is 7.05 Å². The number of nitrogens with one attached hydrogen (secondary N) is 1. The number of nitrogens with zero attached hydrogens (tertiary/aromatic N) is 2. The second-order valence-electron chi connectivity index (χ2n) is 6.30. The molecule has 1 N–H and O–H groups in total. The average molecular weight is 397 g/mol. The molecule has 152 valence electrons. The third-order valence-electron chi connectivity index (χ3n) is 4.74. The maximum Gasteiger partial charge on any atom is 0.295 e. The summed E-state index contributed by atoms with van der Waals surface area (Å²) in [6.07, 6.45) is 0. The van der Waals surface area contributed by atoms with Gasteiger partial charge in [-0.2, -0.15) is 0 Å². The van der Waals surface area contributed by atoms with Gasteiger partial charge in [0.25, 0.3) is 11.5 Å². The van der Waals surface area contributed by atoms with E-state index in [1.807, 2.05) is 30.3 Å². The average Bonchev–Trinajstić information content (AvgIpc) is 2.96. The number of amides is 1. The number of methoxy groups -OCH3 is 3. The molecule has 0 spiro atoms. The number of hydrogen-bond acceptors (Lipinski definition) is 5. The van der Waals surface area contributed by atoms with E-state index in [1.165, 1.54) is 32.1 Å². The van der Waals surface area contributed by atoms with Crippen molar-refractivity contribution in [2.45, 2.75) is 6.92 Å². The Hall–Kier alpha value is -3.68. The Labute approximate surface area is 168 Å². The van der Waals surface area contributed by atoms with E-state index in [0.29, 0.717) is 28.6 Å². The predicted octanol–water partition coefficient (Wildman–Crippen LogP) is 2.76. The molecule has 0 aliphatic rings. The highest BCUT2D eigenvalue weighted by Crippen LogP contribution is 2.35. The first kappa shape index (κ1) is 20.1. The summed E-state index contributed by atoms with van der Waals surface area (Å²) in [6, 6.07) is 12.3. The largest absolute Gasteiger partial charge is 0.496 e. The fourth-order valence-corrected chi connectivity index (χ4v) is 3.10. The Morgan fingerprint density at radius 2 is 1.52 bits per heavy atom. The number of benzene rings is 2. The van der Waals surface area contributed by atoms with Crippen molar-refractivity contribution in [1.82, 2.24) is 9.36 Å². The summed E-state index contributed by atoms with van der Waals surface area (Å²) in [5.74, 6) is 0.624. The first-order chi connectivity index (χ1) is 13.9. The summed E-state index contributed by atoms with van der Waals surface area (Å²) in [7, 11) is 6.19. The van der Waals surface area contributed by atoms with E-state index in [0.717, 1.165) is 0 Å². The van der Waals surface area contributed by atoms with E-state index in [4.69, 9.17) is 14.2 Å². The topological polar surface area (TPSA) is 83.7 Å². The van der Waals surface area contributed by atoms with Crippen molar-refractivity contribution >= 4 is 11.6 Å². The van der Waals surface area contributed by atoms with Crippen LogP contribution < -0.4 is 25.1 Å². The van der Waals surface area contributed by atoms with Crippen molar-refractivity contribution in [3.05, 3.63) is 64.1 Å². The predicted molar refractivity (Wildman–Crippen MR) is 110 cm³/mol. The van der Waals surface area contributed by atoms with Crippen LogP contribution in [0.15, 0.2) is 47.3 Å². The zero-order valence-electron chi connectivity index (χ0n) is 17.0. The fraction of sp³-hybridized carbons (Fsp3) is 0.238. The molecule has 0 saturated heterocycles. The van der Waals surface area contributed by atoms with Crippen LogP contribution in [0.4, 0.5) is 5.69 Å². The highest BCUT2D eigenvalue weighted by atomic mass is 16.5. The number of ether oxygens (including phenoxy) is 3. The molecule has 0 fully saturated rings. The van der Waals surface area contributed by atoms with Crippen molar-refractivity contribution in [2.75, 3.05) is 26.6 Å². The molecule has 3 rings (SSSR count). The quantitative estimate of drug-likeness (QED) is 0.692. The highest BCUT2D eigenvalue weighted by Gasteiger charge is 2.22. The second-order valence-corrected chi connectivity index (χ2v) is 6.30. The Morgan fingerprint density at radius 3 is 2.10 bits per heavy atom. The molecule has 0 atom stereocenters. The van der Waals surface area contributed by atoms with E-state index >= 15 is 0 Å². The third-order valence-corrected chi connectivity index (χ3v) is 4.74. The molecule has 8 nitrogen and oxygen atoms in total. The van der Waals surface area contributed by atoms with Gasteiger partial charge in [0.1, 0.15) is 11.4 Å². The third kappa shape index (κ3) is 3.56. The van der Waals surface area contributed by atoms with Crippen LogP contribution in [-0.4, -0.2) is 36.6 Å². The number of rotatable bonds is 6. The standard InChI is InChI=1S/C21H23N3O5/c1-13-19(21(26)24(23(13)2)14-9-7-6-8-10-14)22-20(25)15-11-17(28-4)18(29-5)12-16(15)27-3/h6-12H,1-5H3,(H,22,25). The van der Waals surface area contributed by atoms with Crippen molar-refractivity contribution in [3.63, 3.8) is 0 Å². The number of para-hydroxylation sites is 1. The lowest BCUT2D eigenvalue weighted by atomic mass is 10.1. The van der Waals surface area contributed by atoms with Gasteiger partial charge in [-0.15, -0.1) is 0 Å². The molecule has 1 amide bonds. The summed E-state index contributed by atoms with van der Waals surface area (Å²) in [5, 5.41) is 2.72. The highest BCUT2D eigenvalue weighted by molar-refractivity contribution is 6.07. The van der Waals surface area contributed by atoms with Gasteiger partial charge in [0, 0.05) is 19.2 Å². The van der Waals surface area contributed by atoms with Gasteiger partial charge in [-0.05, 0) is 19.1 Å². The minimum Gasteiger partial charge on any atom is -0.496 e. The number of aromatic nitrogens is 2. The first-order valence-electron chi connectivity index (χ1n) is 8.88. The van der Waals surface area contributed by atoms with Crippen molar-refractivity contribution in [3.8, 4) is 22.9 Å². The maximum atomic E-state index is 13.0. The molecule has 0 aliphatic carbocycles. The van der Waals surface area contributed by atoms with Gasteiger partial charge in [-0.25, -0.2) is 4.68 Å². The minimum atomic E-state index is -0.492.